The Balaban J connectivity index is 1.67. The second-order valence-electron chi connectivity index (χ2n) is 5.18. The van der Waals surface area contributed by atoms with E-state index >= 15 is 0 Å². The van der Waals surface area contributed by atoms with Crippen molar-refractivity contribution < 1.29 is 28.6 Å². The zero-order valence-electron chi connectivity index (χ0n) is 14.0. The van der Waals surface area contributed by atoms with Gasteiger partial charge in [0.1, 0.15) is 5.76 Å². The number of hydrogen-bond acceptors (Lipinski definition) is 5. The van der Waals surface area contributed by atoms with Gasteiger partial charge in [0.25, 0.3) is 0 Å². The fourth-order valence-electron chi connectivity index (χ4n) is 2.12. The average Bonchev–Trinajstić information content (AvgIpc) is 3.08. The van der Waals surface area contributed by atoms with Gasteiger partial charge in [-0.15, -0.1) is 0 Å². The van der Waals surface area contributed by atoms with Crippen molar-refractivity contribution in [2.45, 2.75) is 26.3 Å². The van der Waals surface area contributed by atoms with Crippen LogP contribution >= 0.6 is 0 Å². The molecule has 0 aliphatic carbocycles. The normalized spacial score (nSPS) is 10.3. The van der Waals surface area contributed by atoms with Crippen LogP contribution in [0.2, 0.25) is 0 Å². The van der Waals surface area contributed by atoms with Gasteiger partial charge >= 0.3 is 5.97 Å². The number of furan rings is 1. The number of amides is 1. The Morgan fingerprint density at radius 2 is 1.84 bits per heavy atom. The predicted molar refractivity (Wildman–Crippen MR) is 89.9 cm³/mol. The van der Waals surface area contributed by atoms with Crippen LogP contribution in [0.5, 0.6) is 11.5 Å². The van der Waals surface area contributed by atoms with E-state index in [1.54, 1.807) is 0 Å². The number of carbonyl (C=O) groups excluding carboxylic acids is 1. The van der Waals surface area contributed by atoms with Crippen LogP contribution in [0, 0.1) is 0 Å². The van der Waals surface area contributed by atoms with E-state index in [4.69, 9.17) is 19.0 Å². The van der Waals surface area contributed by atoms with Crippen molar-refractivity contribution in [3.8, 4) is 11.5 Å². The highest BCUT2D eigenvalue weighted by Gasteiger charge is 2.10. The molecule has 0 fully saturated rings. The molecule has 134 valence electrons. The number of rotatable bonds is 10. The Bertz CT molecular complexity index is 709. The molecular formula is C18H21NO6. The first kappa shape index (κ1) is 18.4. The first-order chi connectivity index (χ1) is 12.1. The molecule has 25 heavy (non-hydrogen) atoms. The van der Waals surface area contributed by atoms with Crippen molar-refractivity contribution in [3.05, 3.63) is 47.9 Å². The van der Waals surface area contributed by atoms with Crippen LogP contribution in [-0.4, -0.2) is 30.2 Å². The first-order valence-corrected chi connectivity index (χ1v) is 8.03. The summed E-state index contributed by atoms with van der Waals surface area (Å²) >= 11 is 0. The number of carboxylic acids is 1. The van der Waals surface area contributed by atoms with E-state index in [-0.39, 0.29) is 18.2 Å². The van der Waals surface area contributed by atoms with Gasteiger partial charge in [-0.3, -0.25) is 4.79 Å². The predicted octanol–water partition coefficient (Wildman–Crippen LogP) is 2.85. The second kappa shape index (κ2) is 9.36. The molecule has 1 amide bonds. The monoisotopic (exact) mass is 347 g/mol. The summed E-state index contributed by atoms with van der Waals surface area (Å²) in [5.41, 5.74) is 0. The van der Waals surface area contributed by atoms with Gasteiger partial charge in [-0.05, 0) is 37.6 Å². The summed E-state index contributed by atoms with van der Waals surface area (Å²) < 4.78 is 16.2. The highest BCUT2D eigenvalue weighted by atomic mass is 16.5. The smallest absolute Gasteiger partial charge is 0.371 e. The minimum atomic E-state index is -1.14. The average molecular weight is 347 g/mol. The highest BCUT2D eigenvalue weighted by molar-refractivity contribution is 5.84. The Kier molecular flexibility index (Phi) is 6.88. The third-order valence-corrected chi connectivity index (χ3v) is 3.29. The number of ether oxygens (including phenoxy) is 2. The molecule has 0 bridgehead atoms. The number of nitrogens with one attached hydrogen (secondary N) is 1. The maximum absolute atomic E-state index is 11.8. The van der Waals surface area contributed by atoms with E-state index in [9.17, 15) is 9.59 Å². The molecule has 1 aromatic heterocycles. The van der Waals surface area contributed by atoms with E-state index in [1.165, 1.54) is 12.1 Å². The van der Waals surface area contributed by atoms with Crippen LogP contribution < -0.4 is 14.8 Å². The van der Waals surface area contributed by atoms with Crippen molar-refractivity contribution in [1.82, 2.24) is 5.32 Å². The molecule has 0 saturated heterocycles. The number of carboxylic acid groups (broad SMARTS) is 1. The molecule has 0 radical (unpaired) electrons. The second-order valence-corrected chi connectivity index (χ2v) is 5.18. The summed E-state index contributed by atoms with van der Waals surface area (Å²) in [6, 6.07) is 10.3. The molecular weight excluding hydrogens is 326 g/mol. The summed E-state index contributed by atoms with van der Waals surface area (Å²) in [7, 11) is 0. The Hall–Kier alpha value is -2.96. The van der Waals surface area contributed by atoms with E-state index in [0.717, 1.165) is 0 Å². The zero-order chi connectivity index (χ0) is 18.1. The fraction of sp³-hybridized carbons (Fsp3) is 0.333. The summed E-state index contributed by atoms with van der Waals surface area (Å²) in [6.07, 6.45) is 0.841. The number of hydrogen-bond donors (Lipinski definition) is 2. The molecule has 2 aromatic rings. The Morgan fingerprint density at radius 3 is 2.48 bits per heavy atom. The van der Waals surface area contributed by atoms with Crippen molar-refractivity contribution in [3.63, 3.8) is 0 Å². The quantitative estimate of drug-likeness (QED) is 0.641. The first-order valence-electron chi connectivity index (χ1n) is 8.03. The standard InChI is InChI=1S/C18H21NO6/c1-2-23-14-6-3-4-7-15(14)24-11-5-8-17(20)19-12-13-9-10-16(25-13)18(21)22/h3-4,6-7,9-10H,2,5,8,11-12H2,1H3,(H,19,20)(H,21,22). The largest absolute Gasteiger partial charge is 0.490 e. The molecule has 1 aromatic carbocycles. The van der Waals surface area contributed by atoms with Gasteiger partial charge in [-0.25, -0.2) is 4.79 Å². The van der Waals surface area contributed by atoms with E-state index in [1.807, 2.05) is 31.2 Å². The summed E-state index contributed by atoms with van der Waals surface area (Å²) in [6.45, 7) is 3.00. The third kappa shape index (κ3) is 5.87. The minimum Gasteiger partial charge on any atom is -0.490 e. The molecule has 2 N–H and O–H groups in total. The molecule has 1 heterocycles. The minimum absolute atomic E-state index is 0.148. The maximum Gasteiger partial charge on any atom is 0.371 e. The Morgan fingerprint density at radius 1 is 1.12 bits per heavy atom. The number of aromatic carboxylic acids is 1. The lowest BCUT2D eigenvalue weighted by Crippen LogP contribution is -2.22. The molecule has 0 atom stereocenters. The molecule has 0 spiro atoms. The van der Waals surface area contributed by atoms with E-state index < -0.39 is 5.97 Å². The van der Waals surface area contributed by atoms with Crippen molar-refractivity contribution in [2.75, 3.05) is 13.2 Å². The van der Waals surface area contributed by atoms with Crippen molar-refractivity contribution >= 4 is 11.9 Å². The topological polar surface area (TPSA) is 98.0 Å². The number of benzene rings is 1. The lowest BCUT2D eigenvalue weighted by atomic mass is 10.3. The molecule has 7 heteroatoms. The fourth-order valence-corrected chi connectivity index (χ4v) is 2.12. The lowest BCUT2D eigenvalue weighted by Gasteiger charge is -2.11. The van der Waals surface area contributed by atoms with Gasteiger partial charge in [0.15, 0.2) is 11.5 Å². The van der Waals surface area contributed by atoms with Gasteiger partial charge in [0, 0.05) is 6.42 Å². The number of carbonyl (C=O) groups is 2. The SMILES string of the molecule is CCOc1ccccc1OCCCC(=O)NCc1ccc(C(=O)O)o1. The van der Waals surface area contributed by atoms with E-state index in [0.29, 0.717) is 43.3 Å². The van der Waals surface area contributed by atoms with Crippen LogP contribution in [0.15, 0.2) is 40.8 Å². The molecule has 0 saturated carbocycles. The van der Waals surface area contributed by atoms with Crippen LogP contribution in [0.1, 0.15) is 36.1 Å². The van der Waals surface area contributed by atoms with Crippen LogP contribution in [0.3, 0.4) is 0 Å². The lowest BCUT2D eigenvalue weighted by molar-refractivity contribution is -0.121. The van der Waals surface area contributed by atoms with Gasteiger partial charge in [0.2, 0.25) is 11.7 Å². The van der Waals surface area contributed by atoms with Crippen molar-refractivity contribution in [2.24, 2.45) is 0 Å². The third-order valence-electron chi connectivity index (χ3n) is 3.29. The van der Waals surface area contributed by atoms with Gasteiger partial charge in [-0.1, -0.05) is 12.1 Å². The van der Waals surface area contributed by atoms with Crippen LogP contribution in [0.4, 0.5) is 0 Å². The zero-order valence-corrected chi connectivity index (χ0v) is 14.0. The highest BCUT2D eigenvalue weighted by Crippen LogP contribution is 2.26. The molecule has 2 rings (SSSR count). The maximum atomic E-state index is 11.8. The van der Waals surface area contributed by atoms with Crippen molar-refractivity contribution in [1.29, 1.82) is 0 Å². The van der Waals surface area contributed by atoms with Gasteiger partial charge in [-0.2, -0.15) is 0 Å². The molecule has 7 nitrogen and oxygen atoms in total. The van der Waals surface area contributed by atoms with Gasteiger partial charge in [0.05, 0.1) is 19.8 Å². The molecule has 0 unspecified atom stereocenters. The summed E-state index contributed by atoms with van der Waals surface area (Å²) in [5.74, 6) is 0.290. The van der Waals surface area contributed by atoms with Gasteiger partial charge < -0.3 is 24.3 Å². The Labute approximate surface area is 145 Å². The van der Waals surface area contributed by atoms with E-state index in [2.05, 4.69) is 5.32 Å². The summed E-state index contributed by atoms with van der Waals surface area (Å²) in [4.78, 5) is 22.5. The number of para-hydroxylation sites is 2. The summed E-state index contributed by atoms with van der Waals surface area (Å²) in [5, 5.41) is 11.4. The molecule has 0 aliphatic heterocycles. The molecule has 0 aliphatic rings. The van der Waals surface area contributed by atoms with Crippen LogP contribution in [0.25, 0.3) is 0 Å². The van der Waals surface area contributed by atoms with Crippen LogP contribution in [-0.2, 0) is 11.3 Å².